The lowest BCUT2D eigenvalue weighted by atomic mass is 9.73. The highest BCUT2D eigenvalue weighted by Gasteiger charge is 2.41. The number of benzene rings is 2. The lowest BCUT2D eigenvalue weighted by Crippen LogP contribution is -2.51. The van der Waals surface area contributed by atoms with Crippen molar-refractivity contribution < 1.29 is 14.3 Å². The Hall–Kier alpha value is -3.45. The number of nitrogens with two attached hydrogens (primary N) is 1. The molecule has 0 spiro atoms. The highest BCUT2D eigenvalue weighted by molar-refractivity contribution is 5.82. The summed E-state index contributed by atoms with van der Waals surface area (Å²) in [5.41, 5.74) is 9.47. The third-order valence-electron chi connectivity index (χ3n) is 6.48. The number of ether oxygens (including phenoxy) is 2. The van der Waals surface area contributed by atoms with Gasteiger partial charge in [-0.2, -0.15) is 0 Å². The van der Waals surface area contributed by atoms with Crippen LogP contribution in [0.3, 0.4) is 0 Å². The molecule has 1 aliphatic heterocycles. The average Bonchev–Trinajstić information content (AvgIpc) is 2.85. The van der Waals surface area contributed by atoms with Crippen molar-refractivity contribution in [2.24, 2.45) is 11.1 Å². The van der Waals surface area contributed by atoms with Gasteiger partial charge in [-0.25, -0.2) is 9.97 Å². The number of hydrogen-bond donors (Lipinski definition) is 1. The number of methoxy groups -OCH3 is 2. The Balaban J connectivity index is 1.61. The van der Waals surface area contributed by atoms with Gasteiger partial charge < -0.3 is 15.2 Å². The van der Waals surface area contributed by atoms with E-state index in [0.29, 0.717) is 19.5 Å². The molecule has 7 nitrogen and oxygen atoms in total. The third kappa shape index (κ3) is 4.98. The van der Waals surface area contributed by atoms with Gasteiger partial charge in [0.05, 0.1) is 19.6 Å². The Morgan fingerprint density at radius 1 is 1.09 bits per heavy atom. The zero-order chi connectivity index (χ0) is 23.3. The van der Waals surface area contributed by atoms with Crippen molar-refractivity contribution in [3.8, 4) is 22.6 Å². The molecule has 4 rings (SSSR count). The number of primary amides is 1. The first kappa shape index (κ1) is 22.7. The molecule has 1 fully saturated rings. The molecule has 2 N–H and O–H groups in total. The van der Waals surface area contributed by atoms with E-state index < -0.39 is 5.41 Å². The van der Waals surface area contributed by atoms with Crippen LogP contribution in [0.2, 0.25) is 0 Å². The van der Waals surface area contributed by atoms with Crippen LogP contribution >= 0.6 is 0 Å². The summed E-state index contributed by atoms with van der Waals surface area (Å²) in [6.07, 6.45) is 7.33. The average molecular weight is 447 g/mol. The second-order valence-electron chi connectivity index (χ2n) is 8.60. The van der Waals surface area contributed by atoms with Crippen molar-refractivity contribution >= 4 is 5.91 Å². The maximum absolute atomic E-state index is 12.9. The van der Waals surface area contributed by atoms with Crippen LogP contribution in [0.15, 0.2) is 61.2 Å². The summed E-state index contributed by atoms with van der Waals surface area (Å²) in [5, 5.41) is 0. The molecular weight excluding hydrogens is 416 g/mol. The largest absolute Gasteiger partial charge is 0.497 e. The van der Waals surface area contributed by atoms with Crippen LogP contribution in [-0.4, -0.2) is 48.1 Å². The molecule has 7 heteroatoms. The molecule has 1 aliphatic rings. The van der Waals surface area contributed by atoms with E-state index in [1.165, 1.54) is 6.33 Å². The number of piperidine rings is 1. The van der Waals surface area contributed by atoms with Crippen molar-refractivity contribution in [3.05, 3.63) is 72.3 Å². The van der Waals surface area contributed by atoms with Gasteiger partial charge in [-0.1, -0.05) is 24.3 Å². The van der Waals surface area contributed by atoms with Crippen LogP contribution in [0.1, 0.15) is 24.0 Å². The van der Waals surface area contributed by atoms with Crippen LogP contribution in [0, 0.1) is 5.41 Å². The van der Waals surface area contributed by atoms with E-state index in [1.807, 2.05) is 36.4 Å². The first-order chi connectivity index (χ1) is 16.0. The summed E-state index contributed by atoms with van der Waals surface area (Å²) >= 11 is 0. The summed E-state index contributed by atoms with van der Waals surface area (Å²) in [6, 6.07) is 13.9. The van der Waals surface area contributed by atoms with E-state index in [4.69, 9.17) is 15.2 Å². The van der Waals surface area contributed by atoms with E-state index in [1.54, 1.807) is 26.6 Å². The molecule has 2 aromatic carbocycles. The first-order valence-corrected chi connectivity index (χ1v) is 11.1. The zero-order valence-electron chi connectivity index (χ0n) is 19.2. The van der Waals surface area contributed by atoms with Gasteiger partial charge >= 0.3 is 0 Å². The second kappa shape index (κ2) is 10.0. The lowest BCUT2D eigenvalue weighted by Gasteiger charge is -2.41. The molecular formula is C26H30N4O3. The molecule has 172 valence electrons. The molecule has 0 aliphatic carbocycles. The van der Waals surface area contributed by atoms with Gasteiger partial charge in [-0.3, -0.25) is 9.69 Å². The van der Waals surface area contributed by atoms with Crippen LogP contribution < -0.4 is 15.2 Å². The number of aromatic nitrogens is 2. The third-order valence-corrected chi connectivity index (χ3v) is 6.48. The number of likely N-dealkylation sites (tertiary alicyclic amines) is 1. The van der Waals surface area contributed by atoms with Gasteiger partial charge in [0.2, 0.25) is 5.91 Å². The van der Waals surface area contributed by atoms with Crippen LogP contribution in [0.5, 0.6) is 11.5 Å². The fraction of sp³-hybridized carbons (Fsp3) is 0.346. The maximum atomic E-state index is 12.9. The van der Waals surface area contributed by atoms with E-state index in [9.17, 15) is 4.79 Å². The fourth-order valence-corrected chi connectivity index (χ4v) is 4.80. The van der Waals surface area contributed by atoms with Crippen molar-refractivity contribution in [3.63, 3.8) is 0 Å². The van der Waals surface area contributed by atoms with Crippen molar-refractivity contribution in [2.45, 2.75) is 25.8 Å². The monoisotopic (exact) mass is 446 g/mol. The molecule has 1 atom stereocenters. The Labute approximate surface area is 194 Å². The van der Waals surface area contributed by atoms with Crippen molar-refractivity contribution in [1.29, 1.82) is 0 Å². The van der Waals surface area contributed by atoms with Crippen molar-refractivity contribution in [2.75, 3.05) is 27.3 Å². The quantitative estimate of drug-likeness (QED) is 0.570. The molecule has 0 saturated carbocycles. The molecule has 0 radical (unpaired) electrons. The molecule has 33 heavy (non-hydrogen) atoms. The number of carbonyl (C=O) groups excluding carboxylic acids is 1. The Kier molecular flexibility index (Phi) is 6.89. The van der Waals surface area contributed by atoms with Gasteiger partial charge in [-0.05, 0) is 55.1 Å². The van der Waals surface area contributed by atoms with Crippen LogP contribution in [0.25, 0.3) is 11.1 Å². The summed E-state index contributed by atoms with van der Waals surface area (Å²) in [5.74, 6) is 1.33. The smallest absolute Gasteiger partial charge is 0.225 e. The Morgan fingerprint density at radius 3 is 2.61 bits per heavy atom. The van der Waals surface area contributed by atoms with E-state index in [-0.39, 0.29) is 5.91 Å². The number of carbonyl (C=O) groups is 1. The van der Waals surface area contributed by atoms with E-state index in [2.05, 4.69) is 20.9 Å². The molecule has 1 aromatic heterocycles. The standard InChI is InChI=1S/C26H30N4O3/c1-32-22-8-9-24(33-2)20(12-22)16-30-11-5-10-26(17-30,25(27)31)13-19-6-3-4-7-23(19)21-14-28-18-29-15-21/h3-4,6-9,12,14-15,18H,5,10-11,13,16-17H2,1-2H3,(H2,27,31)/t26-/m1/s1. The second-order valence-corrected chi connectivity index (χ2v) is 8.60. The minimum Gasteiger partial charge on any atom is -0.497 e. The summed E-state index contributed by atoms with van der Waals surface area (Å²) in [4.78, 5) is 23.5. The van der Waals surface area contributed by atoms with Gasteiger partial charge in [0.1, 0.15) is 17.8 Å². The fourth-order valence-electron chi connectivity index (χ4n) is 4.80. The van der Waals surface area contributed by atoms with E-state index in [0.717, 1.165) is 53.1 Å². The summed E-state index contributed by atoms with van der Waals surface area (Å²) in [7, 11) is 3.32. The normalized spacial score (nSPS) is 18.6. The number of rotatable bonds is 8. The lowest BCUT2D eigenvalue weighted by molar-refractivity contribution is -0.131. The van der Waals surface area contributed by atoms with Crippen molar-refractivity contribution in [1.82, 2.24) is 14.9 Å². The zero-order valence-corrected chi connectivity index (χ0v) is 19.2. The molecule has 0 bridgehead atoms. The molecule has 3 aromatic rings. The highest BCUT2D eigenvalue weighted by atomic mass is 16.5. The SMILES string of the molecule is COc1ccc(OC)c(CN2CCC[C@](Cc3ccccc3-c3cncnc3)(C(N)=O)C2)c1. The number of nitrogens with zero attached hydrogens (tertiary/aromatic N) is 3. The van der Waals surface area contributed by atoms with Gasteiger partial charge in [-0.15, -0.1) is 0 Å². The predicted octanol–water partition coefficient (Wildman–Crippen LogP) is 3.47. The summed E-state index contributed by atoms with van der Waals surface area (Å²) < 4.78 is 11.0. The molecule has 1 saturated heterocycles. The summed E-state index contributed by atoms with van der Waals surface area (Å²) in [6.45, 7) is 2.13. The van der Waals surface area contributed by atoms with Gasteiger partial charge in [0.25, 0.3) is 0 Å². The predicted molar refractivity (Wildman–Crippen MR) is 127 cm³/mol. The molecule has 0 unspecified atom stereocenters. The van der Waals surface area contributed by atoms with Gasteiger partial charge in [0.15, 0.2) is 0 Å². The van der Waals surface area contributed by atoms with Crippen LogP contribution in [0.4, 0.5) is 0 Å². The highest BCUT2D eigenvalue weighted by Crippen LogP contribution is 2.37. The maximum Gasteiger partial charge on any atom is 0.225 e. The topological polar surface area (TPSA) is 90.6 Å². The Morgan fingerprint density at radius 2 is 1.88 bits per heavy atom. The minimum absolute atomic E-state index is 0.260. The number of hydrogen-bond acceptors (Lipinski definition) is 6. The molecule has 1 amide bonds. The minimum atomic E-state index is -0.657. The molecule has 2 heterocycles. The van der Waals surface area contributed by atoms with Gasteiger partial charge in [0, 0.05) is 36.6 Å². The van der Waals surface area contributed by atoms with Crippen LogP contribution in [-0.2, 0) is 17.8 Å². The number of amides is 1. The Bertz CT molecular complexity index is 1110. The first-order valence-electron chi connectivity index (χ1n) is 11.1. The van der Waals surface area contributed by atoms with E-state index >= 15 is 0 Å².